The molecule has 0 aromatic heterocycles. The summed E-state index contributed by atoms with van der Waals surface area (Å²) in [5.74, 6) is 0.853. The topological polar surface area (TPSA) is 0 Å². The third-order valence-electron chi connectivity index (χ3n) is 2.69. The second kappa shape index (κ2) is 5.64. The van der Waals surface area contributed by atoms with Gasteiger partial charge in [0, 0.05) is 0 Å². The minimum atomic E-state index is 0.853. The van der Waals surface area contributed by atoms with Crippen LogP contribution in [0.4, 0.5) is 0 Å². The van der Waals surface area contributed by atoms with Gasteiger partial charge in [0.15, 0.2) is 0 Å². The van der Waals surface area contributed by atoms with Crippen molar-refractivity contribution < 1.29 is 0 Å². The van der Waals surface area contributed by atoms with E-state index in [0.29, 0.717) is 0 Å². The van der Waals surface area contributed by atoms with E-state index in [0.717, 1.165) is 5.92 Å². The third-order valence-corrected chi connectivity index (χ3v) is 2.69. The Morgan fingerprint density at radius 1 is 1.50 bits per heavy atom. The number of hydrogen-bond donors (Lipinski definition) is 0. The highest BCUT2D eigenvalue weighted by Crippen LogP contribution is 2.27. The highest BCUT2D eigenvalue weighted by molar-refractivity contribution is 5.39. The molecule has 76 valence electrons. The molecule has 0 saturated carbocycles. The Kier molecular flexibility index (Phi) is 4.45. The molecule has 0 nitrogen and oxygen atoms in total. The molecule has 0 bridgehead atoms. The van der Waals surface area contributed by atoms with Crippen LogP contribution in [0.25, 0.3) is 0 Å². The predicted octanol–water partition coefficient (Wildman–Crippen LogP) is 4.42. The quantitative estimate of drug-likeness (QED) is 0.575. The lowest BCUT2D eigenvalue weighted by molar-refractivity contribution is 0.517. The molecule has 1 aliphatic carbocycles. The fraction of sp³-hybridized carbons (Fsp3) is 0.429. The molecule has 0 amide bonds. The molecule has 14 heavy (non-hydrogen) atoms. The van der Waals surface area contributed by atoms with E-state index >= 15 is 0 Å². The lowest BCUT2D eigenvalue weighted by Gasteiger charge is -2.18. The van der Waals surface area contributed by atoms with E-state index in [-0.39, 0.29) is 0 Å². The molecule has 0 aromatic carbocycles. The van der Waals surface area contributed by atoms with Crippen LogP contribution in [0.15, 0.2) is 48.1 Å². The zero-order valence-electron chi connectivity index (χ0n) is 9.29. The Hall–Kier alpha value is -1.04. The molecule has 0 radical (unpaired) electrons. The van der Waals surface area contributed by atoms with Crippen LogP contribution in [-0.2, 0) is 0 Å². The molecule has 0 N–H and O–H groups in total. The van der Waals surface area contributed by atoms with E-state index in [1.54, 1.807) is 0 Å². The van der Waals surface area contributed by atoms with Gasteiger partial charge in [-0.3, -0.25) is 0 Å². The monoisotopic (exact) mass is 188 g/mol. The van der Waals surface area contributed by atoms with Crippen LogP contribution >= 0.6 is 0 Å². The van der Waals surface area contributed by atoms with Gasteiger partial charge in [0.05, 0.1) is 0 Å². The Morgan fingerprint density at radius 2 is 2.29 bits per heavy atom. The van der Waals surface area contributed by atoms with E-state index in [1.807, 2.05) is 19.1 Å². The first-order chi connectivity index (χ1) is 6.74. The molecule has 0 aliphatic heterocycles. The van der Waals surface area contributed by atoms with Gasteiger partial charge in [-0.15, -0.1) is 0 Å². The minimum absolute atomic E-state index is 0.853. The van der Waals surface area contributed by atoms with Gasteiger partial charge in [-0.05, 0) is 43.3 Å². The standard InChI is InChI=1S/C14H20/c1-4-5-6-7-13(3)14-10-8-12(2)9-11-14/h4-7,10,12H,3,8-9,11H2,1-2H3/b5-4-,7-6-. The summed E-state index contributed by atoms with van der Waals surface area (Å²) in [5.41, 5.74) is 2.61. The van der Waals surface area contributed by atoms with E-state index in [1.165, 1.54) is 30.4 Å². The van der Waals surface area contributed by atoms with E-state index in [9.17, 15) is 0 Å². The average Bonchev–Trinajstić information content (AvgIpc) is 2.19. The van der Waals surface area contributed by atoms with Crippen molar-refractivity contribution in [3.05, 3.63) is 48.1 Å². The lowest BCUT2D eigenvalue weighted by atomic mass is 9.88. The summed E-state index contributed by atoms with van der Waals surface area (Å²) in [4.78, 5) is 0. The summed E-state index contributed by atoms with van der Waals surface area (Å²) in [6.07, 6.45) is 14.3. The van der Waals surface area contributed by atoms with Crippen molar-refractivity contribution in [1.29, 1.82) is 0 Å². The maximum Gasteiger partial charge on any atom is -0.0274 e. The first kappa shape index (κ1) is 11.0. The van der Waals surface area contributed by atoms with Gasteiger partial charge in [-0.25, -0.2) is 0 Å². The van der Waals surface area contributed by atoms with Crippen LogP contribution in [0.3, 0.4) is 0 Å². The van der Waals surface area contributed by atoms with Crippen molar-refractivity contribution >= 4 is 0 Å². The fourth-order valence-corrected chi connectivity index (χ4v) is 1.65. The lowest BCUT2D eigenvalue weighted by Crippen LogP contribution is -2.01. The van der Waals surface area contributed by atoms with Crippen molar-refractivity contribution in [3.63, 3.8) is 0 Å². The van der Waals surface area contributed by atoms with Crippen molar-refractivity contribution in [2.24, 2.45) is 5.92 Å². The largest absolute Gasteiger partial charge is 0.0915 e. The third kappa shape index (κ3) is 3.37. The number of allylic oxidation sites excluding steroid dienone is 7. The Morgan fingerprint density at radius 3 is 2.86 bits per heavy atom. The first-order valence-electron chi connectivity index (χ1n) is 5.41. The summed E-state index contributed by atoms with van der Waals surface area (Å²) in [6.45, 7) is 8.42. The zero-order chi connectivity index (χ0) is 10.4. The van der Waals surface area contributed by atoms with Gasteiger partial charge in [0.2, 0.25) is 0 Å². The predicted molar refractivity (Wildman–Crippen MR) is 64.2 cm³/mol. The van der Waals surface area contributed by atoms with Crippen LogP contribution in [0.2, 0.25) is 0 Å². The van der Waals surface area contributed by atoms with Gasteiger partial charge in [0.1, 0.15) is 0 Å². The summed E-state index contributed by atoms with van der Waals surface area (Å²) < 4.78 is 0. The summed E-state index contributed by atoms with van der Waals surface area (Å²) in [7, 11) is 0. The molecule has 0 spiro atoms. The number of rotatable bonds is 3. The summed E-state index contributed by atoms with van der Waals surface area (Å²) >= 11 is 0. The number of hydrogen-bond acceptors (Lipinski definition) is 0. The van der Waals surface area contributed by atoms with Crippen LogP contribution in [0.5, 0.6) is 0 Å². The van der Waals surface area contributed by atoms with E-state index in [2.05, 4.69) is 31.7 Å². The molecule has 0 heterocycles. The first-order valence-corrected chi connectivity index (χ1v) is 5.41. The maximum absolute atomic E-state index is 4.09. The van der Waals surface area contributed by atoms with Crippen molar-refractivity contribution in [2.75, 3.05) is 0 Å². The van der Waals surface area contributed by atoms with Crippen molar-refractivity contribution in [1.82, 2.24) is 0 Å². The summed E-state index contributed by atoms with van der Waals surface area (Å²) in [6, 6.07) is 0. The Labute approximate surface area is 87.7 Å². The van der Waals surface area contributed by atoms with Crippen molar-refractivity contribution in [2.45, 2.75) is 33.1 Å². The Bertz CT molecular complexity index is 276. The molecule has 1 atom stereocenters. The minimum Gasteiger partial charge on any atom is -0.0915 e. The second-order valence-corrected chi connectivity index (χ2v) is 4.02. The van der Waals surface area contributed by atoms with Crippen LogP contribution in [0.1, 0.15) is 33.1 Å². The second-order valence-electron chi connectivity index (χ2n) is 4.02. The average molecular weight is 188 g/mol. The highest BCUT2D eigenvalue weighted by Gasteiger charge is 2.10. The molecule has 1 unspecified atom stereocenters. The molecular formula is C14H20. The normalized spacial score (nSPS) is 23.0. The Balaban J connectivity index is 2.53. The van der Waals surface area contributed by atoms with Crippen molar-refractivity contribution in [3.8, 4) is 0 Å². The maximum atomic E-state index is 4.09. The molecule has 1 rings (SSSR count). The molecule has 1 aliphatic rings. The van der Waals surface area contributed by atoms with E-state index in [4.69, 9.17) is 0 Å². The van der Waals surface area contributed by atoms with Crippen LogP contribution in [0, 0.1) is 5.92 Å². The molecule has 0 aromatic rings. The zero-order valence-corrected chi connectivity index (χ0v) is 9.29. The smallest absolute Gasteiger partial charge is 0.0274 e. The van der Waals surface area contributed by atoms with Gasteiger partial charge in [0.25, 0.3) is 0 Å². The highest BCUT2D eigenvalue weighted by atomic mass is 14.2. The van der Waals surface area contributed by atoms with Gasteiger partial charge < -0.3 is 0 Å². The molecular weight excluding hydrogens is 168 g/mol. The summed E-state index contributed by atoms with van der Waals surface area (Å²) in [5, 5.41) is 0. The van der Waals surface area contributed by atoms with Gasteiger partial charge in [-0.1, -0.05) is 43.9 Å². The van der Waals surface area contributed by atoms with Gasteiger partial charge >= 0.3 is 0 Å². The molecule has 0 heteroatoms. The van der Waals surface area contributed by atoms with Crippen LogP contribution in [-0.4, -0.2) is 0 Å². The van der Waals surface area contributed by atoms with E-state index < -0.39 is 0 Å². The molecule has 0 fully saturated rings. The van der Waals surface area contributed by atoms with Crippen LogP contribution < -0.4 is 0 Å². The molecule has 0 saturated heterocycles. The fourth-order valence-electron chi connectivity index (χ4n) is 1.65. The van der Waals surface area contributed by atoms with Gasteiger partial charge in [-0.2, -0.15) is 0 Å². The SMILES string of the molecule is C=C(/C=C\C=C/C)C1=CCC(C)CC1.